The van der Waals surface area contributed by atoms with Gasteiger partial charge in [-0.05, 0) is 17.9 Å². The molecule has 0 radical (unpaired) electrons. The van der Waals surface area contributed by atoms with Crippen molar-refractivity contribution in [1.82, 2.24) is 10.6 Å². The van der Waals surface area contributed by atoms with Crippen LogP contribution in [0.3, 0.4) is 0 Å². The summed E-state index contributed by atoms with van der Waals surface area (Å²) in [5.41, 5.74) is 6.57. The molecule has 154 valence electrons. The molecule has 0 bridgehead atoms. The number of benzene rings is 1. The summed E-state index contributed by atoms with van der Waals surface area (Å²) in [6.07, 6.45) is 1.33. The Kier molecular flexibility index (Phi) is 9.87. The quantitative estimate of drug-likeness (QED) is 0.386. The van der Waals surface area contributed by atoms with Crippen molar-refractivity contribution < 1.29 is 24.3 Å². The first-order chi connectivity index (χ1) is 13.3. The lowest BCUT2D eigenvalue weighted by Crippen LogP contribution is -2.55. The lowest BCUT2D eigenvalue weighted by molar-refractivity contribution is -0.137. The monoisotopic (exact) mass is 391 g/mol. The molecule has 0 aliphatic carbocycles. The molecule has 28 heavy (non-hydrogen) atoms. The van der Waals surface area contributed by atoms with Crippen LogP contribution in [-0.4, -0.2) is 47.3 Å². The maximum atomic E-state index is 12.7. The first kappa shape index (κ1) is 23.3. The Labute approximate surface area is 164 Å². The van der Waals surface area contributed by atoms with Gasteiger partial charge in [-0.3, -0.25) is 14.4 Å². The van der Waals surface area contributed by atoms with E-state index in [1.165, 1.54) is 0 Å². The molecule has 2 amide bonds. The summed E-state index contributed by atoms with van der Waals surface area (Å²) in [5.74, 6) is -2.19. The van der Waals surface area contributed by atoms with Gasteiger partial charge in [0.2, 0.25) is 11.8 Å². The largest absolute Gasteiger partial charge is 0.481 e. The maximum absolute atomic E-state index is 12.7. The highest BCUT2D eigenvalue weighted by atomic mass is 16.4. The molecule has 1 rings (SSSR count). The van der Waals surface area contributed by atoms with Gasteiger partial charge in [0.1, 0.15) is 12.3 Å². The molecule has 0 heterocycles. The van der Waals surface area contributed by atoms with Gasteiger partial charge in [-0.15, -0.1) is 0 Å². The van der Waals surface area contributed by atoms with Gasteiger partial charge >= 0.3 is 5.97 Å². The molecule has 0 fully saturated rings. The van der Waals surface area contributed by atoms with E-state index in [0.717, 1.165) is 5.56 Å². The molecule has 4 atom stereocenters. The summed E-state index contributed by atoms with van der Waals surface area (Å²) in [5, 5.41) is 14.0. The maximum Gasteiger partial charge on any atom is 0.303 e. The van der Waals surface area contributed by atoms with Crippen LogP contribution in [0.15, 0.2) is 30.3 Å². The predicted octanol–water partition coefficient (Wildman–Crippen LogP) is 0.636. The van der Waals surface area contributed by atoms with Crippen LogP contribution in [0.25, 0.3) is 0 Å². The van der Waals surface area contributed by atoms with Gasteiger partial charge in [0.25, 0.3) is 0 Å². The van der Waals surface area contributed by atoms with Gasteiger partial charge in [0.05, 0.1) is 12.1 Å². The van der Waals surface area contributed by atoms with Crippen molar-refractivity contribution in [3.63, 3.8) is 0 Å². The van der Waals surface area contributed by atoms with E-state index in [1.807, 2.05) is 44.2 Å². The second-order valence-corrected chi connectivity index (χ2v) is 6.85. The molecule has 5 N–H and O–H groups in total. The normalized spacial score (nSPS) is 15.0. The van der Waals surface area contributed by atoms with E-state index in [2.05, 4.69) is 10.6 Å². The number of nitrogens with one attached hydrogen (secondary N) is 2. The molecule has 0 spiro atoms. The van der Waals surface area contributed by atoms with Crippen LogP contribution < -0.4 is 16.4 Å². The Morgan fingerprint density at radius 1 is 1.14 bits per heavy atom. The van der Waals surface area contributed by atoms with Crippen molar-refractivity contribution in [3.8, 4) is 0 Å². The summed E-state index contributed by atoms with van der Waals surface area (Å²) in [6, 6.07) is 6.48. The van der Waals surface area contributed by atoms with Crippen molar-refractivity contribution in [1.29, 1.82) is 0 Å². The Morgan fingerprint density at radius 3 is 2.32 bits per heavy atom. The highest BCUT2D eigenvalue weighted by molar-refractivity contribution is 5.91. The predicted molar refractivity (Wildman–Crippen MR) is 104 cm³/mol. The average molecular weight is 391 g/mol. The Hall–Kier alpha value is -2.74. The van der Waals surface area contributed by atoms with E-state index in [9.17, 15) is 19.2 Å². The topological polar surface area (TPSA) is 139 Å². The van der Waals surface area contributed by atoms with Crippen LogP contribution in [0, 0.1) is 5.92 Å². The third-order valence-corrected chi connectivity index (χ3v) is 4.63. The van der Waals surface area contributed by atoms with Gasteiger partial charge in [-0.25, -0.2) is 0 Å². The number of carboxylic acids is 1. The number of carbonyl (C=O) groups is 4. The number of carboxylic acid groups (broad SMARTS) is 1. The van der Waals surface area contributed by atoms with Gasteiger partial charge in [0.15, 0.2) is 0 Å². The van der Waals surface area contributed by atoms with Crippen LogP contribution in [-0.2, 0) is 25.6 Å². The van der Waals surface area contributed by atoms with Crippen molar-refractivity contribution >= 4 is 24.1 Å². The third-order valence-electron chi connectivity index (χ3n) is 4.63. The highest BCUT2D eigenvalue weighted by Gasteiger charge is 2.27. The van der Waals surface area contributed by atoms with Gasteiger partial charge < -0.3 is 26.3 Å². The fourth-order valence-corrected chi connectivity index (χ4v) is 2.58. The van der Waals surface area contributed by atoms with Crippen LogP contribution >= 0.6 is 0 Å². The lowest BCUT2D eigenvalue weighted by Gasteiger charge is -2.24. The van der Waals surface area contributed by atoms with E-state index in [4.69, 9.17) is 10.8 Å². The zero-order valence-corrected chi connectivity index (χ0v) is 16.3. The number of hydrogen-bond donors (Lipinski definition) is 4. The van der Waals surface area contributed by atoms with E-state index in [-0.39, 0.29) is 25.2 Å². The molecule has 8 heteroatoms. The van der Waals surface area contributed by atoms with Crippen LogP contribution in [0.5, 0.6) is 0 Å². The standard InChI is InChI=1S/C20H29N3O5/c1-3-13(2)17(12-24)23-20(28)16(11-14-7-5-4-6-8-14)22-19(27)15(21)9-10-18(25)26/h4-8,12-13,15-17H,3,9-11,21H2,1-2H3,(H,22,27)(H,23,28)(H,25,26)/t13-,15-,16-,17+/m0/s1. The summed E-state index contributed by atoms with van der Waals surface area (Å²) >= 11 is 0. The van der Waals surface area contributed by atoms with E-state index in [1.54, 1.807) is 0 Å². The van der Waals surface area contributed by atoms with Crippen molar-refractivity contribution in [3.05, 3.63) is 35.9 Å². The number of hydrogen-bond acceptors (Lipinski definition) is 5. The molecular weight excluding hydrogens is 362 g/mol. The van der Waals surface area contributed by atoms with Gasteiger partial charge in [-0.1, -0.05) is 50.6 Å². The van der Waals surface area contributed by atoms with Crippen LogP contribution in [0.4, 0.5) is 0 Å². The fraction of sp³-hybridized carbons (Fsp3) is 0.500. The molecule has 0 saturated heterocycles. The Morgan fingerprint density at radius 2 is 1.79 bits per heavy atom. The zero-order valence-electron chi connectivity index (χ0n) is 16.3. The molecule has 0 aliphatic heterocycles. The summed E-state index contributed by atoms with van der Waals surface area (Å²) in [6.45, 7) is 3.77. The molecule has 0 aromatic heterocycles. The van der Waals surface area contributed by atoms with E-state index < -0.39 is 35.9 Å². The number of rotatable bonds is 12. The van der Waals surface area contributed by atoms with Crippen LogP contribution in [0.1, 0.15) is 38.7 Å². The van der Waals surface area contributed by atoms with E-state index in [0.29, 0.717) is 12.7 Å². The van der Waals surface area contributed by atoms with Gasteiger partial charge in [0, 0.05) is 12.8 Å². The second-order valence-electron chi connectivity index (χ2n) is 6.85. The van der Waals surface area contributed by atoms with E-state index >= 15 is 0 Å². The number of nitrogens with two attached hydrogens (primary N) is 1. The first-order valence-corrected chi connectivity index (χ1v) is 9.35. The summed E-state index contributed by atoms with van der Waals surface area (Å²) in [4.78, 5) is 47.1. The van der Waals surface area contributed by atoms with Gasteiger partial charge in [-0.2, -0.15) is 0 Å². The molecule has 0 saturated carbocycles. The molecule has 1 aromatic rings. The Bertz CT molecular complexity index is 665. The summed E-state index contributed by atoms with van der Waals surface area (Å²) < 4.78 is 0. The second kappa shape index (κ2) is 11.9. The van der Waals surface area contributed by atoms with Crippen molar-refractivity contribution in [2.24, 2.45) is 11.7 Å². The number of carbonyl (C=O) groups excluding carboxylic acids is 3. The average Bonchev–Trinajstić information content (AvgIpc) is 2.69. The number of aliphatic carboxylic acids is 1. The third kappa shape index (κ3) is 7.87. The minimum Gasteiger partial charge on any atom is -0.481 e. The number of amides is 2. The lowest BCUT2D eigenvalue weighted by atomic mass is 9.99. The first-order valence-electron chi connectivity index (χ1n) is 9.35. The summed E-state index contributed by atoms with van der Waals surface area (Å²) in [7, 11) is 0. The molecule has 0 aliphatic rings. The number of aldehydes is 1. The SMILES string of the molecule is CC[C@H](C)[C@@H](C=O)NC(=O)[C@H](Cc1ccccc1)NC(=O)[C@@H](N)CCC(=O)O. The highest BCUT2D eigenvalue weighted by Crippen LogP contribution is 2.08. The van der Waals surface area contributed by atoms with Crippen LogP contribution in [0.2, 0.25) is 0 Å². The minimum atomic E-state index is -1.05. The molecular formula is C20H29N3O5. The van der Waals surface area contributed by atoms with Crippen molar-refractivity contribution in [2.45, 2.75) is 57.7 Å². The molecule has 8 nitrogen and oxygen atoms in total. The smallest absolute Gasteiger partial charge is 0.303 e. The molecule has 0 unspecified atom stereocenters. The molecule has 1 aromatic carbocycles. The Balaban J connectivity index is 2.88. The van der Waals surface area contributed by atoms with Crippen molar-refractivity contribution in [2.75, 3.05) is 0 Å². The minimum absolute atomic E-state index is 0.0370. The fourth-order valence-electron chi connectivity index (χ4n) is 2.58. The zero-order chi connectivity index (χ0) is 21.1.